The monoisotopic (exact) mass is 524 g/mol. The fourth-order valence-corrected chi connectivity index (χ4v) is 5.06. The average molecular weight is 525 g/mol. The molecule has 0 radical (unpaired) electrons. The third-order valence-corrected chi connectivity index (χ3v) is 7.14. The van der Waals surface area contributed by atoms with E-state index in [1.54, 1.807) is 28.8 Å². The lowest BCUT2D eigenvalue weighted by Crippen LogP contribution is -2.69. The Balaban J connectivity index is 1.38. The lowest BCUT2D eigenvalue weighted by atomic mass is 9.96. The second kappa shape index (κ2) is 9.90. The van der Waals surface area contributed by atoms with Crippen LogP contribution < -0.4 is 16.1 Å². The van der Waals surface area contributed by atoms with Crippen molar-refractivity contribution < 1.29 is 14.3 Å². The van der Waals surface area contributed by atoms with E-state index in [0.717, 1.165) is 18.7 Å². The topological polar surface area (TPSA) is 136 Å². The standard InChI is InChI=1S/C24H28N8O4S/c1-4-8-32-15(3)11-19(29-32)27-21(34)16-13-30(14-16)24(22(35)36-5-2)26-12-17-18(33)6-9-31(20(17)28-24)23-25-7-10-37-23/h6-7,9-12,16,28H,4-5,8,13-14H2,1-3H3,(H,27,29,34). The van der Waals surface area contributed by atoms with Gasteiger partial charge in [0, 0.05) is 61.4 Å². The Labute approximate surface area is 217 Å². The molecule has 1 atom stereocenters. The first-order valence-corrected chi connectivity index (χ1v) is 13.0. The summed E-state index contributed by atoms with van der Waals surface area (Å²) < 4.78 is 8.94. The maximum absolute atomic E-state index is 13.3. The highest BCUT2D eigenvalue weighted by Gasteiger charge is 2.54. The van der Waals surface area contributed by atoms with Gasteiger partial charge in [0.15, 0.2) is 16.4 Å². The van der Waals surface area contributed by atoms with E-state index in [9.17, 15) is 14.4 Å². The number of ether oxygens (including phenoxy) is 1. The van der Waals surface area contributed by atoms with Crippen molar-refractivity contribution in [3.63, 3.8) is 0 Å². The van der Waals surface area contributed by atoms with E-state index >= 15 is 0 Å². The highest BCUT2D eigenvalue weighted by atomic mass is 32.1. The van der Waals surface area contributed by atoms with Crippen LogP contribution in [0.3, 0.4) is 0 Å². The maximum atomic E-state index is 13.3. The number of nitrogens with one attached hydrogen (secondary N) is 2. The van der Waals surface area contributed by atoms with Gasteiger partial charge in [0.05, 0.1) is 18.1 Å². The van der Waals surface area contributed by atoms with Crippen LogP contribution in [0.5, 0.6) is 0 Å². The van der Waals surface area contributed by atoms with Gasteiger partial charge in [0.2, 0.25) is 5.91 Å². The van der Waals surface area contributed by atoms with Crippen molar-refractivity contribution in [3.05, 3.63) is 51.4 Å². The first-order chi connectivity index (χ1) is 17.9. The molecule has 13 heteroatoms. The summed E-state index contributed by atoms with van der Waals surface area (Å²) in [5.74, 6) is -1.91. The van der Waals surface area contributed by atoms with Gasteiger partial charge in [-0.2, -0.15) is 5.10 Å². The van der Waals surface area contributed by atoms with Gasteiger partial charge in [0.1, 0.15) is 5.82 Å². The smallest absolute Gasteiger partial charge is 0.371 e. The minimum Gasteiger partial charge on any atom is -0.462 e. The Morgan fingerprint density at radius 2 is 2.14 bits per heavy atom. The summed E-state index contributed by atoms with van der Waals surface area (Å²) in [5.41, 5.74) is 1.04. The van der Waals surface area contributed by atoms with Gasteiger partial charge < -0.3 is 15.4 Å². The van der Waals surface area contributed by atoms with Crippen molar-refractivity contribution in [2.75, 3.05) is 30.3 Å². The SMILES string of the molecule is CCCn1nc(NC(=O)C2CN(C3(C(=O)OCC)N=Cc4c(n(-c5nccs5)ccc4=O)N3)C2)cc1C. The number of rotatable bonds is 8. The highest BCUT2D eigenvalue weighted by molar-refractivity contribution is 7.12. The number of hydrogen-bond donors (Lipinski definition) is 2. The summed E-state index contributed by atoms with van der Waals surface area (Å²) >= 11 is 1.39. The van der Waals surface area contributed by atoms with E-state index in [1.807, 2.05) is 23.1 Å². The van der Waals surface area contributed by atoms with Crippen LogP contribution in [-0.2, 0) is 20.9 Å². The summed E-state index contributed by atoms with van der Waals surface area (Å²) in [4.78, 5) is 49.3. The number of amides is 1. The second-order valence-electron chi connectivity index (χ2n) is 8.89. The zero-order chi connectivity index (χ0) is 26.2. The first kappa shape index (κ1) is 24.8. The van der Waals surface area contributed by atoms with Crippen LogP contribution >= 0.6 is 11.3 Å². The molecule has 5 rings (SSSR count). The first-order valence-electron chi connectivity index (χ1n) is 12.1. The number of pyridine rings is 1. The Morgan fingerprint density at radius 1 is 1.32 bits per heavy atom. The van der Waals surface area contributed by atoms with Crippen LogP contribution in [0.4, 0.5) is 11.6 Å². The Kier molecular flexibility index (Phi) is 6.65. The molecule has 0 spiro atoms. The van der Waals surface area contributed by atoms with Crippen molar-refractivity contribution in [1.29, 1.82) is 0 Å². The maximum Gasteiger partial charge on any atom is 0.371 e. The van der Waals surface area contributed by atoms with Crippen molar-refractivity contribution in [2.24, 2.45) is 10.9 Å². The van der Waals surface area contributed by atoms with Gasteiger partial charge in [-0.1, -0.05) is 6.92 Å². The molecule has 0 bridgehead atoms. The zero-order valence-corrected chi connectivity index (χ0v) is 21.6. The van der Waals surface area contributed by atoms with E-state index in [4.69, 9.17) is 4.74 Å². The summed E-state index contributed by atoms with van der Waals surface area (Å²) in [7, 11) is 0. The van der Waals surface area contributed by atoms with Crippen molar-refractivity contribution in [2.45, 2.75) is 39.5 Å². The molecule has 1 saturated heterocycles. The summed E-state index contributed by atoms with van der Waals surface area (Å²) in [5, 5.41) is 12.9. The zero-order valence-electron chi connectivity index (χ0n) is 20.8. The second-order valence-corrected chi connectivity index (χ2v) is 9.76. The van der Waals surface area contributed by atoms with Gasteiger partial charge in [-0.25, -0.2) is 14.8 Å². The van der Waals surface area contributed by atoms with Crippen LogP contribution in [0, 0.1) is 12.8 Å². The molecule has 5 heterocycles. The molecular weight excluding hydrogens is 496 g/mol. The van der Waals surface area contributed by atoms with Crippen molar-refractivity contribution >= 4 is 41.1 Å². The number of likely N-dealkylation sites (tertiary alicyclic amines) is 1. The number of aryl methyl sites for hydroxylation is 2. The normalized spacial score (nSPS) is 19.1. The van der Waals surface area contributed by atoms with Crippen molar-refractivity contribution in [1.82, 2.24) is 24.2 Å². The van der Waals surface area contributed by atoms with E-state index in [-0.39, 0.29) is 37.0 Å². The minimum atomic E-state index is -1.62. The number of carbonyl (C=O) groups excluding carboxylic acids is 2. The van der Waals surface area contributed by atoms with Crippen molar-refractivity contribution in [3.8, 4) is 5.13 Å². The molecule has 1 unspecified atom stereocenters. The van der Waals surface area contributed by atoms with Crippen LogP contribution in [0.25, 0.3) is 5.13 Å². The number of aromatic nitrogens is 4. The molecule has 12 nitrogen and oxygen atoms in total. The van der Waals surface area contributed by atoms with Crippen LogP contribution in [0.2, 0.25) is 0 Å². The number of anilines is 2. The molecule has 2 aliphatic rings. The number of thiazole rings is 1. The molecule has 1 amide bonds. The molecule has 0 saturated carbocycles. The molecule has 2 aliphatic heterocycles. The van der Waals surface area contributed by atoms with E-state index in [1.165, 1.54) is 23.6 Å². The third kappa shape index (κ3) is 4.44. The van der Waals surface area contributed by atoms with Crippen LogP contribution in [0.1, 0.15) is 31.5 Å². The number of esters is 1. The number of nitrogens with zero attached hydrogens (tertiary/aromatic N) is 6. The van der Waals surface area contributed by atoms with E-state index < -0.39 is 11.8 Å². The molecule has 0 aromatic carbocycles. The molecule has 0 aliphatic carbocycles. The number of hydrogen-bond acceptors (Lipinski definition) is 10. The average Bonchev–Trinajstić information content (AvgIpc) is 3.49. The quantitative estimate of drug-likeness (QED) is 0.426. The van der Waals surface area contributed by atoms with Crippen LogP contribution in [-0.4, -0.2) is 67.8 Å². The van der Waals surface area contributed by atoms with Gasteiger partial charge in [-0.3, -0.25) is 23.7 Å². The molecule has 2 N–H and O–H groups in total. The molecule has 3 aromatic rings. The lowest BCUT2D eigenvalue weighted by molar-refractivity contribution is -0.162. The number of aliphatic imine (C=N–C) groups is 1. The third-order valence-electron chi connectivity index (χ3n) is 6.37. The van der Waals surface area contributed by atoms with Crippen LogP contribution in [0.15, 0.2) is 39.7 Å². The molecular formula is C24H28N8O4S. The highest BCUT2D eigenvalue weighted by Crippen LogP contribution is 2.34. The molecule has 1 fully saturated rings. The Bertz CT molecular complexity index is 1410. The van der Waals surface area contributed by atoms with Gasteiger partial charge >= 0.3 is 5.97 Å². The van der Waals surface area contributed by atoms with E-state index in [2.05, 4.69) is 32.6 Å². The summed E-state index contributed by atoms with van der Waals surface area (Å²) in [6.45, 7) is 7.17. The summed E-state index contributed by atoms with van der Waals surface area (Å²) in [6.07, 6.45) is 5.60. The van der Waals surface area contributed by atoms with Gasteiger partial charge in [-0.15, -0.1) is 11.3 Å². The van der Waals surface area contributed by atoms with Gasteiger partial charge in [0.25, 0.3) is 5.79 Å². The molecule has 37 heavy (non-hydrogen) atoms. The Hall–Kier alpha value is -3.84. The minimum absolute atomic E-state index is 0.149. The summed E-state index contributed by atoms with van der Waals surface area (Å²) in [6, 6.07) is 3.27. The predicted octanol–water partition coefficient (Wildman–Crippen LogP) is 1.84. The number of carbonyl (C=O) groups is 2. The Morgan fingerprint density at radius 3 is 2.84 bits per heavy atom. The molecule has 3 aromatic heterocycles. The fraction of sp³-hybridized carbons (Fsp3) is 0.417. The van der Waals surface area contributed by atoms with E-state index in [0.29, 0.717) is 22.3 Å². The lowest BCUT2D eigenvalue weighted by Gasteiger charge is -2.48. The predicted molar refractivity (Wildman–Crippen MR) is 139 cm³/mol. The fourth-order valence-electron chi connectivity index (χ4n) is 4.43. The number of fused-ring (bicyclic) bond motifs is 1. The largest absolute Gasteiger partial charge is 0.462 e. The molecule has 194 valence electrons. The van der Waals surface area contributed by atoms with Gasteiger partial charge in [-0.05, 0) is 20.3 Å².